The summed E-state index contributed by atoms with van der Waals surface area (Å²) in [6.07, 6.45) is 0.165. The molecule has 0 bridgehead atoms. The van der Waals surface area contributed by atoms with E-state index in [1.807, 2.05) is 6.07 Å². The number of hydrogen-bond acceptors (Lipinski definition) is 2. The molecule has 0 fully saturated rings. The predicted octanol–water partition coefficient (Wildman–Crippen LogP) is 1.83. The first-order valence-corrected chi connectivity index (χ1v) is 6.41. The van der Waals surface area contributed by atoms with E-state index in [1.54, 1.807) is 24.3 Å². The second-order valence-electron chi connectivity index (χ2n) is 3.28. The standard InChI is InChI=1S/C10H13O4P/c11-10(7-4-8-15(12,13)14)9-5-2-1-3-6-9/h1-3,5-6H,4,7-8H2,(H2,12,13,14). The van der Waals surface area contributed by atoms with Crippen LogP contribution in [0.25, 0.3) is 0 Å². The maximum Gasteiger partial charge on any atom is 0.325 e. The van der Waals surface area contributed by atoms with Gasteiger partial charge in [0.25, 0.3) is 0 Å². The van der Waals surface area contributed by atoms with Gasteiger partial charge in [0.2, 0.25) is 0 Å². The molecule has 0 radical (unpaired) electrons. The highest BCUT2D eigenvalue weighted by atomic mass is 31.2. The summed E-state index contributed by atoms with van der Waals surface area (Å²) in [4.78, 5) is 28.7. The highest BCUT2D eigenvalue weighted by Gasteiger charge is 2.13. The topological polar surface area (TPSA) is 74.6 Å². The van der Waals surface area contributed by atoms with Crippen molar-refractivity contribution in [1.29, 1.82) is 0 Å². The molecule has 2 N–H and O–H groups in total. The lowest BCUT2D eigenvalue weighted by atomic mass is 10.1. The Morgan fingerprint density at radius 1 is 1.20 bits per heavy atom. The van der Waals surface area contributed by atoms with Gasteiger partial charge >= 0.3 is 7.60 Å². The molecular formula is C10H13O4P. The molecule has 0 aliphatic rings. The molecule has 0 saturated heterocycles. The van der Waals surface area contributed by atoms with Gasteiger partial charge in [0, 0.05) is 12.0 Å². The molecule has 0 atom stereocenters. The summed E-state index contributed by atoms with van der Waals surface area (Å²) in [6, 6.07) is 8.72. The van der Waals surface area contributed by atoms with E-state index >= 15 is 0 Å². The van der Waals surface area contributed by atoms with Crippen LogP contribution in [-0.4, -0.2) is 21.7 Å². The Morgan fingerprint density at radius 3 is 2.33 bits per heavy atom. The minimum absolute atomic E-state index is 0.0796. The third kappa shape index (κ3) is 4.88. The smallest absolute Gasteiger partial charge is 0.324 e. The van der Waals surface area contributed by atoms with Gasteiger partial charge in [0.1, 0.15) is 0 Å². The fraction of sp³-hybridized carbons (Fsp3) is 0.300. The molecule has 0 spiro atoms. The molecule has 1 aromatic carbocycles. The average molecular weight is 228 g/mol. The number of carbonyl (C=O) groups excluding carboxylic acids is 1. The molecule has 0 amide bonds. The number of benzene rings is 1. The van der Waals surface area contributed by atoms with Crippen LogP contribution in [0.2, 0.25) is 0 Å². The zero-order chi connectivity index (χ0) is 11.3. The molecule has 0 aliphatic heterocycles. The lowest BCUT2D eigenvalue weighted by Crippen LogP contribution is -2.00. The lowest BCUT2D eigenvalue weighted by molar-refractivity contribution is 0.0982. The van der Waals surface area contributed by atoms with Crippen LogP contribution < -0.4 is 0 Å². The quantitative estimate of drug-likeness (QED) is 0.595. The summed E-state index contributed by atoms with van der Waals surface area (Å²) in [6.45, 7) is 0. The van der Waals surface area contributed by atoms with Gasteiger partial charge in [-0.3, -0.25) is 9.36 Å². The van der Waals surface area contributed by atoms with Gasteiger partial charge in [-0.05, 0) is 6.42 Å². The second kappa shape index (κ2) is 5.21. The van der Waals surface area contributed by atoms with Crippen molar-refractivity contribution < 1.29 is 19.1 Å². The van der Waals surface area contributed by atoms with Crippen molar-refractivity contribution in [3.8, 4) is 0 Å². The Kier molecular flexibility index (Phi) is 4.21. The van der Waals surface area contributed by atoms with Gasteiger partial charge in [-0.15, -0.1) is 0 Å². The van der Waals surface area contributed by atoms with E-state index in [-0.39, 0.29) is 24.8 Å². The van der Waals surface area contributed by atoms with Crippen molar-refractivity contribution in [1.82, 2.24) is 0 Å². The Hall–Kier alpha value is -0.960. The number of carbonyl (C=O) groups is 1. The van der Waals surface area contributed by atoms with Crippen LogP contribution in [0.1, 0.15) is 23.2 Å². The van der Waals surface area contributed by atoms with Crippen LogP contribution in [0, 0.1) is 0 Å². The van der Waals surface area contributed by atoms with Crippen LogP contribution in [0.5, 0.6) is 0 Å². The summed E-state index contributed by atoms with van der Waals surface area (Å²) in [7, 11) is -3.97. The first-order valence-electron chi connectivity index (χ1n) is 4.62. The number of hydrogen-bond donors (Lipinski definition) is 2. The van der Waals surface area contributed by atoms with Crippen LogP contribution in [0.15, 0.2) is 30.3 Å². The summed E-state index contributed by atoms with van der Waals surface area (Å²) in [5.74, 6) is -0.0796. The van der Waals surface area contributed by atoms with Crippen LogP contribution in [-0.2, 0) is 4.57 Å². The minimum atomic E-state index is -3.97. The molecular weight excluding hydrogens is 215 g/mol. The molecule has 4 nitrogen and oxygen atoms in total. The summed E-state index contributed by atoms with van der Waals surface area (Å²) in [5.41, 5.74) is 0.586. The average Bonchev–Trinajstić information content (AvgIpc) is 2.17. The van der Waals surface area contributed by atoms with Gasteiger partial charge in [-0.2, -0.15) is 0 Å². The Morgan fingerprint density at radius 2 is 1.80 bits per heavy atom. The van der Waals surface area contributed by atoms with Gasteiger partial charge < -0.3 is 9.79 Å². The number of ketones is 1. The Bertz CT molecular complexity index is 368. The fourth-order valence-corrected chi connectivity index (χ4v) is 1.78. The SMILES string of the molecule is O=C(CCCP(=O)(O)O)c1ccccc1. The molecule has 0 aliphatic carbocycles. The maximum absolute atomic E-state index is 11.5. The fourth-order valence-electron chi connectivity index (χ4n) is 1.21. The Balaban J connectivity index is 2.41. The number of rotatable bonds is 5. The molecule has 5 heteroatoms. The van der Waals surface area contributed by atoms with E-state index in [1.165, 1.54) is 0 Å². The zero-order valence-corrected chi connectivity index (χ0v) is 9.06. The molecule has 0 unspecified atom stereocenters. The number of Topliss-reactive ketones (excluding diaryl/α,β-unsaturated/α-hetero) is 1. The molecule has 1 rings (SSSR count). The summed E-state index contributed by atoms with van der Waals surface area (Å²) >= 11 is 0. The Labute approximate surface area is 88.1 Å². The highest BCUT2D eigenvalue weighted by molar-refractivity contribution is 7.51. The zero-order valence-electron chi connectivity index (χ0n) is 8.17. The van der Waals surface area contributed by atoms with Gasteiger partial charge in [0.05, 0.1) is 6.16 Å². The van der Waals surface area contributed by atoms with E-state index < -0.39 is 7.60 Å². The van der Waals surface area contributed by atoms with E-state index in [0.29, 0.717) is 5.56 Å². The van der Waals surface area contributed by atoms with Crippen molar-refractivity contribution in [2.75, 3.05) is 6.16 Å². The van der Waals surface area contributed by atoms with Crippen LogP contribution in [0.3, 0.4) is 0 Å². The van der Waals surface area contributed by atoms with E-state index in [0.717, 1.165) is 0 Å². The molecule has 0 aromatic heterocycles. The van der Waals surface area contributed by atoms with Gasteiger partial charge in [-0.25, -0.2) is 0 Å². The summed E-state index contributed by atoms with van der Waals surface area (Å²) in [5, 5.41) is 0. The molecule has 82 valence electrons. The van der Waals surface area contributed by atoms with Crippen molar-refractivity contribution in [2.45, 2.75) is 12.8 Å². The largest absolute Gasteiger partial charge is 0.325 e. The second-order valence-corrected chi connectivity index (χ2v) is 5.06. The van der Waals surface area contributed by atoms with Crippen LogP contribution >= 0.6 is 7.60 Å². The van der Waals surface area contributed by atoms with E-state index in [4.69, 9.17) is 9.79 Å². The predicted molar refractivity (Wildman–Crippen MR) is 56.9 cm³/mol. The van der Waals surface area contributed by atoms with Crippen molar-refractivity contribution in [2.24, 2.45) is 0 Å². The monoisotopic (exact) mass is 228 g/mol. The molecule has 1 aromatic rings. The minimum Gasteiger partial charge on any atom is -0.324 e. The van der Waals surface area contributed by atoms with E-state index in [2.05, 4.69) is 0 Å². The molecule has 15 heavy (non-hydrogen) atoms. The first-order chi connectivity index (χ1) is 6.99. The molecule has 0 heterocycles. The van der Waals surface area contributed by atoms with Crippen molar-refractivity contribution in [3.05, 3.63) is 35.9 Å². The van der Waals surface area contributed by atoms with Crippen LogP contribution in [0.4, 0.5) is 0 Å². The molecule has 0 saturated carbocycles. The van der Waals surface area contributed by atoms with Gasteiger partial charge in [-0.1, -0.05) is 30.3 Å². The van der Waals surface area contributed by atoms with Gasteiger partial charge in [0.15, 0.2) is 5.78 Å². The third-order valence-electron chi connectivity index (χ3n) is 1.95. The first kappa shape index (κ1) is 12.1. The van der Waals surface area contributed by atoms with Crippen molar-refractivity contribution in [3.63, 3.8) is 0 Å². The van der Waals surface area contributed by atoms with Crippen molar-refractivity contribution >= 4 is 13.4 Å². The highest BCUT2D eigenvalue weighted by Crippen LogP contribution is 2.35. The summed E-state index contributed by atoms with van der Waals surface area (Å²) < 4.78 is 10.5. The third-order valence-corrected chi connectivity index (χ3v) is 2.85. The normalized spacial score (nSPS) is 11.3. The van der Waals surface area contributed by atoms with E-state index in [9.17, 15) is 9.36 Å². The maximum atomic E-state index is 11.5. The lowest BCUT2D eigenvalue weighted by Gasteiger charge is -2.03.